The van der Waals surface area contributed by atoms with Crippen molar-refractivity contribution in [1.82, 2.24) is 20.2 Å². The van der Waals surface area contributed by atoms with Crippen molar-refractivity contribution in [2.75, 3.05) is 31.9 Å². The number of aromatic nitrogens is 2. The Kier molecular flexibility index (Phi) is 2.90. The van der Waals surface area contributed by atoms with Gasteiger partial charge in [0.2, 0.25) is 0 Å². The number of nitrogens with zero attached hydrogens (tertiary/aromatic N) is 3. The van der Waals surface area contributed by atoms with Gasteiger partial charge in [-0.3, -0.25) is 4.90 Å². The molecule has 0 bridgehead atoms. The Morgan fingerprint density at radius 3 is 2.93 bits per heavy atom. The van der Waals surface area contributed by atoms with E-state index in [0.717, 1.165) is 38.5 Å². The summed E-state index contributed by atoms with van der Waals surface area (Å²) in [6, 6.07) is 1.71. The number of nitrogens with two attached hydrogens (primary N) is 1. The molecular weight excluding hydrogens is 178 g/mol. The second-order valence-corrected chi connectivity index (χ2v) is 3.42. The number of anilines is 1. The molecule has 0 amide bonds. The first-order chi connectivity index (χ1) is 6.84. The summed E-state index contributed by atoms with van der Waals surface area (Å²) in [5.41, 5.74) is 5.58. The van der Waals surface area contributed by atoms with E-state index in [9.17, 15) is 0 Å². The van der Waals surface area contributed by atoms with Gasteiger partial charge in [-0.15, -0.1) is 0 Å². The summed E-state index contributed by atoms with van der Waals surface area (Å²) in [5, 5.41) is 3.30. The molecule has 0 aliphatic carbocycles. The first-order valence-corrected chi connectivity index (χ1v) is 4.85. The molecule has 0 atom stereocenters. The van der Waals surface area contributed by atoms with Gasteiger partial charge in [-0.1, -0.05) is 0 Å². The molecule has 0 spiro atoms. The van der Waals surface area contributed by atoms with Crippen molar-refractivity contribution < 1.29 is 0 Å². The van der Waals surface area contributed by atoms with Gasteiger partial charge in [-0.05, 0) is 6.07 Å². The van der Waals surface area contributed by atoms with E-state index in [0.29, 0.717) is 5.82 Å². The molecule has 3 N–H and O–H groups in total. The molecule has 0 aromatic carbocycles. The molecule has 1 aliphatic rings. The maximum absolute atomic E-state index is 5.58. The fourth-order valence-electron chi connectivity index (χ4n) is 1.56. The molecule has 1 fully saturated rings. The summed E-state index contributed by atoms with van der Waals surface area (Å²) in [6.45, 7) is 4.99. The SMILES string of the molecule is Nc1ccnc(CN2CCNCC2)n1. The summed E-state index contributed by atoms with van der Waals surface area (Å²) >= 11 is 0. The second kappa shape index (κ2) is 4.34. The highest BCUT2D eigenvalue weighted by Crippen LogP contribution is 2.02. The van der Waals surface area contributed by atoms with E-state index in [2.05, 4.69) is 20.2 Å². The van der Waals surface area contributed by atoms with Crippen molar-refractivity contribution in [3.05, 3.63) is 18.1 Å². The van der Waals surface area contributed by atoms with E-state index in [4.69, 9.17) is 5.73 Å². The van der Waals surface area contributed by atoms with Crippen LogP contribution in [-0.2, 0) is 6.54 Å². The van der Waals surface area contributed by atoms with Crippen molar-refractivity contribution >= 4 is 5.82 Å². The molecule has 14 heavy (non-hydrogen) atoms. The highest BCUT2D eigenvalue weighted by molar-refractivity contribution is 5.24. The lowest BCUT2D eigenvalue weighted by Gasteiger charge is -2.26. The predicted octanol–water partition coefficient (Wildman–Crippen LogP) is -0.536. The van der Waals surface area contributed by atoms with Crippen LogP contribution < -0.4 is 11.1 Å². The molecule has 0 unspecified atom stereocenters. The molecule has 5 heteroatoms. The number of piperazine rings is 1. The van der Waals surface area contributed by atoms with Crippen molar-refractivity contribution in [2.45, 2.75) is 6.54 Å². The third-order valence-electron chi connectivity index (χ3n) is 2.30. The Bertz CT molecular complexity index is 295. The maximum Gasteiger partial charge on any atom is 0.144 e. The van der Waals surface area contributed by atoms with Crippen molar-refractivity contribution in [3.8, 4) is 0 Å². The highest BCUT2D eigenvalue weighted by Gasteiger charge is 2.10. The lowest BCUT2D eigenvalue weighted by atomic mass is 10.3. The maximum atomic E-state index is 5.58. The van der Waals surface area contributed by atoms with Crippen LogP contribution in [0.15, 0.2) is 12.3 Å². The van der Waals surface area contributed by atoms with Gasteiger partial charge in [-0.2, -0.15) is 0 Å². The van der Waals surface area contributed by atoms with Gasteiger partial charge in [0.15, 0.2) is 0 Å². The minimum absolute atomic E-state index is 0.546. The molecular formula is C9H15N5. The molecule has 1 aromatic rings. The van der Waals surface area contributed by atoms with Gasteiger partial charge >= 0.3 is 0 Å². The van der Waals surface area contributed by atoms with Gasteiger partial charge in [0.1, 0.15) is 11.6 Å². The number of nitrogens with one attached hydrogen (secondary N) is 1. The van der Waals surface area contributed by atoms with Crippen LogP contribution in [0.2, 0.25) is 0 Å². The summed E-state index contributed by atoms with van der Waals surface area (Å²) in [5.74, 6) is 1.36. The lowest BCUT2D eigenvalue weighted by Crippen LogP contribution is -2.43. The van der Waals surface area contributed by atoms with Crippen LogP contribution in [0.4, 0.5) is 5.82 Å². The average molecular weight is 193 g/mol. The molecule has 5 nitrogen and oxygen atoms in total. The van der Waals surface area contributed by atoms with E-state index in [-0.39, 0.29) is 0 Å². The molecule has 2 rings (SSSR count). The zero-order chi connectivity index (χ0) is 9.80. The van der Waals surface area contributed by atoms with Crippen LogP contribution in [-0.4, -0.2) is 41.0 Å². The molecule has 0 saturated carbocycles. The quantitative estimate of drug-likeness (QED) is 0.660. The molecule has 76 valence electrons. The van der Waals surface area contributed by atoms with E-state index in [1.165, 1.54) is 0 Å². The fraction of sp³-hybridized carbons (Fsp3) is 0.556. The van der Waals surface area contributed by atoms with Gasteiger partial charge in [-0.25, -0.2) is 9.97 Å². The highest BCUT2D eigenvalue weighted by atomic mass is 15.2. The van der Waals surface area contributed by atoms with Gasteiger partial charge < -0.3 is 11.1 Å². The van der Waals surface area contributed by atoms with E-state index in [1.807, 2.05) is 0 Å². The number of hydrogen-bond donors (Lipinski definition) is 2. The molecule has 2 heterocycles. The lowest BCUT2D eigenvalue weighted by molar-refractivity contribution is 0.228. The number of hydrogen-bond acceptors (Lipinski definition) is 5. The Hall–Kier alpha value is -1.20. The predicted molar refractivity (Wildman–Crippen MR) is 54.6 cm³/mol. The van der Waals surface area contributed by atoms with Gasteiger partial charge in [0.05, 0.1) is 6.54 Å². The zero-order valence-corrected chi connectivity index (χ0v) is 8.11. The summed E-state index contributed by atoms with van der Waals surface area (Å²) in [4.78, 5) is 10.7. The summed E-state index contributed by atoms with van der Waals surface area (Å²) < 4.78 is 0. The topological polar surface area (TPSA) is 67.1 Å². The Morgan fingerprint density at radius 2 is 2.21 bits per heavy atom. The van der Waals surface area contributed by atoms with Crippen LogP contribution in [0.1, 0.15) is 5.82 Å². The fourth-order valence-corrected chi connectivity index (χ4v) is 1.56. The van der Waals surface area contributed by atoms with E-state index in [1.54, 1.807) is 12.3 Å². The number of nitrogen functional groups attached to an aromatic ring is 1. The van der Waals surface area contributed by atoms with Crippen molar-refractivity contribution in [2.24, 2.45) is 0 Å². The van der Waals surface area contributed by atoms with Crippen molar-refractivity contribution in [3.63, 3.8) is 0 Å². The van der Waals surface area contributed by atoms with Gasteiger partial charge in [0, 0.05) is 32.4 Å². The minimum atomic E-state index is 0.546. The van der Waals surface area contributed by atoms with Gasteiger partial charge in [0.25, 0.3) is 0 Å². The second-order valence-electron chi connectivity index (χ2n) is 3.42. The van der Waals surface area contributed by atoms with Crippen LogP contribution in [0, 0.1) is 0 Å². The third kappa shape index (κ3) is 2.40. The van der Waals surface area contributed by atoms with Crippen molar-refractivity contribution in [1.29, 1.82) is 0 Å². The Morgan fingerprint density at radius 1 is 1.43 bits per heavy atom. The monoisotopic (exact) mass is 193 g/mol. The first kappa shape index (κ1) is 9.36. The normalized spacial score (nSPS) is 18.3. The van der Waals surface area contributed by atoms with Crippen LogP contribution in [0.3, 0.4) is 0 Å². The third-order valence-corrected chi connectivity index (χ3v) is 2.30. The average Bonchev–Trinajstić information content (AvgIpc) is 2.19. The molecule has 1 aromatic heterocycles. The summed E-state index contributed by atoms with van der Waals surface area (Å²) in [6.07, 6.45) is 1.71. The standard InChI is InChI=1S/C9H15N5/c10-8-1-2-12-9(13-8)7-14-5-3-11-4-6-14/h1-2,11H,3-7H2,(H2,10,12,13). The van der Waals surface area contributed by atoms with Crippen LogP contribution in [0.5, 0.6) is 0 Å². The molecule has 1 saturated heterocycles. The molecule has 0 radical (unpaired) electrons. The largest absolute Gasteiger partial charge is 0.384 e. The molecule has 1 aliphatic heterocycles. The summed E-state index contributed by atoms with van der Waals surface area (Å²) in [7, 11) is 0. The Labute approximate surface area is 83.3 Å². The van der Waals surface area contributed by atoms with E-state index >= 15 is 0 Å². The van der Waals surface area contributed by atoms with Crippen LogP contribution in [0.25, 0.3) is 0 Å². The smallest absolute Gasteiger partial charge is 0.144 e. The van der Waals surface area contributed by atoms with Crippen LogP contribution >= 0.6 is 0 Å². The number of rotatable bonds is 2. The minimum Gasteiger partial charge on any atom is -0.384 e. The Balaban J connectivity index is 1.95. The first-order valence-electron chi connectivity index (χ1n) is 4.85. The van der Waals surface area contributed by atoms with E-state index < -0.39 is 0 Å². The zero-order valence-electron chi connectivity index (χ0n) is 8.11.